The Kier molecular flexibility index (Phi) is 3.36. The van der Waals surface area contributed by atoms with E-state index in [4.69, 9.17) is 4.74 Å². The van der Waals surface area contributed by atoms with E-state index in [1.54, 1.807) is 13.0 Å². The van der Waals surface area contributed by atoms with Crippen molar-refractivity contribution in [1.82, 2.24) is 9.97 Å². The molecule has 1 aliphatic rings. The lowest BCUT2D eigenvalue weighted by Crippen LogP contribution is -2.55. The molecule has 1 aromatic rings. The number of rotatable bonds is 3. The fraction of sp³-hybridized carbons (Fsp3) is 0.583. The number of piperidine rings is 1. The lowest BCUT2D eigenvalue weighted by atomic mass is 9.88. The molecular formula is C12H17N3O3. The molecule has 0 radical (unpaired) electrons. The van der Waals surface area contributed by atoms with Gasteiger partial charge < -0.3 is 14.7 Å². The van der Waals surface area contributed by atoms with Crippen LogP contribution in [-0.4, -0.2) is 40.2 Å². The van der Waals surface area contributed by atoms with E-state index in [1.807, 2.05) is 4.90 Å². The van der Waals surface area contributed by atoms with Gasteiger partial charge >= 0.3 is 5.97 Å². The van der Waals surface area contributed by atoms with Gasteiger partial charge in [-0.05, 0) is 26.2 Å². The topological polar surface area (TPSA) is 75.5 Å². The molecule has 98 valence electrons. The van der Waals surface area contributed by atoms with E-state index in [0.29, 0.717) is 24.7 Å². The molecular weight excluding hydrogens is 234 g/mol. The van der Waals surface area contributed by atoms with Gasteiger partial charge in [0.15, 0.2) is 0 Å². The zero-order valence-electron chi connectivity index (χ0n) is 10.6. The highest BCUT2D eigenvalue weighted by Gasteiger charge is 2.42. The number of anilines is 1. The van der Waals surface area contributed by atoms with Crippen molar-refractivity contribution in [3.8, 4) is 5.88 Å². The molecule has 1 N–H and O–H groups in total. The molecule has 1 saturated heterocycles. The fourth-order valence-corrected chi connectivity index (χ4v) is 2.30. The Balaban J connectivity index is 2.36. The second kappa shape index (κ2) is 4.80. The van der Waals surface area contributed by atoms with E-state index in [9.17, 15) is 9.90 Å². The standard InChI is InChI=1S/C12H17N3O3/c1-12(11(16)17)5-3-4-6-15(12)9-7-10(18-2)14-8-13-9/h7-8H,3-6H2,1-2H3,(H,16,17). The summed E-state index contributed by atoms with van der Waals surface area (Å²) in [7, 11) is 1.53. The van der Waals surface area contributed by atoms with E-state index >= 15 is 0 Å². The first kappa shape index (κ1) is 12.6. The third-order valence-electron chi connectivity index (χ3n) is 3.47. The highest BCUT2D eigenvalue weighted by Crippen LogP contribution is 2.32. The first-order valence-corrected chi connectivity index (χ1v) is 5.95. The summed E-state index contributed by atoms with van der Waals surface area (Å²) < 4.78 is 5.05. The normalized spacial score (nSPS) is 23.8. The Bertz CT molecular complexity index is 452. The predicted molar refractivity (Wildman–Crippen MR) is 65.8 cm³/mol. The summed E-state index contributed by atoms with van der Waals surface area (Å²) in [6.45, 7) is 2.42. The van der Waals surface area contributed by atoms with E-state index in [0.717, 1.165) is 12.8 Å². The van der Waals surface area contributed by atoms with Crippen LogP contribution < -0.4 is 9.64 Å². The van der Waals surface area contributed by atoms with Gasteiger partial charge in [-0.1, -0.05) is 0 Å². The van der Waals surface area contributed by atoms with E-state index in [-0.39, 0.29) is 0 Å². The number of hydrogen-bond acceptors (Lipinski definition) is 5. The summed E-state index contributed by atoms with van der Waals surface area (Å²) in [4.78, 5) is 21.4. The van der Waals surface area contributed by atoms with Gasteiger partial charge in [-0.15, -0.1) is 0 Å². The molecule has 0 bridgehead atoms. The molecule has 0 amide bonds. The third-order valence-corrected chi connectivity index (χ3v) is 3.47. The number of ether oxygens (including phenoxy) is 1. The number of carbonyl (C=O) groups is 1. The Morgan fingerprint density at radius 2 is 2.28 bits per heavy atom. The van der Waals surface area contributed by atoms with Gasteiger partial charge in [0.2, 0.25) is 5.88 Å². The second-order valence-electron chi connectivity index (χ2n) is 4.61. The summed E-state index contributed by atoms with van der Waals surface area (Å²) in [6, 6.07) is 1.67. The van der Waals surface area contributed by atoms with Gasteiger partial charge in [-0.2, -0.15) is 0 Å². The SMILES string of the molecule is COc1cc(N2CCCCC2(C)C(=O)O)ncn1. The Morgan fingerprint density at radius 1 is 1.50 bits per heavy atom. The quantitative estimate of drug-likeness (QED) is 0.873. The minimum absolute atomic E-state index is 0.443. The van der Waals surface area contributed by atoms with Crippen molar-refractivity contribution in [2.24, 2.45) is 0 Å². The van der Waals surface area contributed by atoms with Crippen LogP contribution in [0.25, 0.3) is 0 Å². The molecule has 0 spiro atoms. The highest BCUT2D eigenvalue weighted by molar-refractivity contribution is 5.83. The summed E-state index contributed by atoms with van der Waals surface area (Å²) >= 11 is 0. The van der Waals surface area contributed by atoms with Gasteiger partial charge in [0.05, 0.1) is 7.11 Å². The molecule has 1 aromatic heterocycles. The van der Waals surface area contributed by atoms with Gasteiger partial charge in [-0.3, -0.25) is 0 Å². The molecule has 0 aromatic carbocycles. The van der Waals surface area contributed by atoms with Gasteiger partial charge in [-0.25, -0.2) is 14.8 Å². The molecule has 0 aliphatic carbocycles. The number of methoxy groups -OCH3 is 1. The zero-order valence-corrected chi connectivity index (χ0v) is 10.6. The largest absolute Gasteiger partial charge is 0.481 e. The molecule has 2 heterocycles. The van der Waals surface area contributed by atoms with Crippen LogP contribution >= 0.6 is 0 Å². The highest BCUT2D eigenvalue weighted by atomic mass is 16.5. The number of aliphatic carboxylic acids is 1. The molecule has 18 heavy (non-hydrogen) atoms. The van der Waals surface area contributed by atoms with Crippen molar-refractivity contribution in [2.45, 2.75) is 31.7 Å². The fourth-order valence-electron chi connectivity index (χ4n) is 2.30. The van der Waals surface area contributed by atoms with E-state index in [1.165, 1.54) is 13.4 Å². The molecule has 0 saturated carbocycles. The number of nitrogens with zero attached hydrogens (tertiary/aromatic N) is 3. The van der Waals surface area contributed by atoms with Crippen molar-refractivity contribution in [2.75, 3.05) is 18.6 Å². The minimum atomic E-state index is -0.905. The Morgan fingerprint density at radius 3 is 2.94 bits per heavy atom. The molecule has 1 unspecified atom stereocenters. The van der Waals surface area contributed by atoms with Crippen molar-refractivity contribution < 1.29 is 14.6 Å². The predicted octanol–water partition coefficient (Wildman–Crippen LogP) is 1.32. The minimum Gasteiger partial charge on any atom is -0.481 e. The summed E-state index contributed by atoms with van der Waals surface area (Å²) in [5.41, 5.74) is -0.905. The first-order chi connectivity index (χ1) is 8.58. The van der Waals surface area contributed by atoms with Crippen molar-refractivity contribution in [3.05, 3.63) is 12.4 Å². The number of carboxylic acids is 1. The van der Waals surface area contributed by atoms with Crippen LogP contribution in [0.4, 0.5) is 5.82 Å². The van der Waals surface area contributed by atoms with Crippen LogP contribution in [0.15, 0.2) is 12.4 Å². The first-order valence-electron chi connectivity index (χ1n) is 5.95. The average molecular weight is 251 g/mol. The molecule has 6 heteroatoms. The van der Waals surface area contributed by atoms with Crippen LogP contribution in [-0.2, 0) is 4.79 Å². The van der Waals surface area contributed by atoms with Crippen molar-refractivity contribution in [1.29, 1.82) is 0 Å². The van der Waals surface area contributed by atoms with Crippen molar-refractivity contribution in [3.63, 3.8) is 0 Å². The second-order valence-corrected chi connectivity index (χ2v) is 4.61. The number of carboxylic acid groups (broad SMARTS) is 1. The molecule has 1 atom stereocenters. The van der Waals surface area contributed by atoms with Crippen LogP contribution in [0, 0.1) is 0 Å². The molecule has 6 nitrogen and oxygen atoms in total. The monoisotopic (exact) mass is 251 g/mol. The molecule has 1 aliphatic heterocycles. The molecule has 2 rings (SSSR count). The third kappa shape index (κ3) is 2.10. The number of aromatic nitrogens is 2. The summed E-state index contributed by atoms with van der Waals surface area (Å²) in [6.07, 6.45) is 3.90. The van der Waals surface area contributed by atoms with Gasteiger partial charge in [0.1, 0.15) is 17.7 Å². The average Bonchev–Trinajstić information content (AvgIpc) is 2.39. The zero-order chi connectivity index (χ0) is 13.2. The maximum absolute atomic E-state index is 11.5. The van der Waals surface area contributed by atoms with Crippen LogP contribution in [0.2, 0.25) is 0 Å². The van der Waals surface area contributed by atoms with Crippen molar-refractivity contribution >= 4 is 11.8 Å². The number of hydrogen-bond donors (Lipinski definition) is 1. The van der Waals surface area contributed by atoms with Gasteiger partial charge in [0.25, 0.3) is 0 Å². The molecule has 1 fully saturated rings. The van der Waals surface area contributed by atoms with Crippen LogP contribution in [0.3, 0.4) is 0 Å². The lowest BCUT2D eigenvalue weighted by molar-refractivity contribution is -0.143. The summed E-state index contributed by atoms with van der Waals surface area (Å²) in [5, 5.41) is 9.44. The van der Waals surface area contributed by atoms with Crippen LogP contribution in [0.1, 0.15) is 26.2 Å². The maximum atomic E-state index is 11.5. The van der Waals surface area contributed by atoms with E-state index in [2.05, 4.69) is 9.97 Å². The summed E-state index contributed by atoms with van der Waals surface area (Å²) in [5.74, 6) is 0.226. The Labute approximate surface area is 106 Å². The van der Waals surface area contributed by atoms with Crippen LogP contribution in [0.5, 0.6) is 5.88 Å². The smallest absolute Gasteiger partial charge is 0.329 e. The lowest BCUT2D eigenvalue weighted by Gasteiger charge is -2.42. The Hall–Kier alpha value is -1.85. The maximum Gasteiger partial charge on any atom is 0.329 e. The van der Waals surface area contributed by atoms with Gasteiger partial charge in [0, 0.05) is 12.6 Å². The van der Waals surface area contributed by atoms with E-state index < -0.39 is 11.5 Å².